The number of hydrogen-bond acceptors (Lipinski definition) is 3. The van der Waals surface area contributed by atoms with Crippen molar-refractivity contribution in [2.24, 2.45) is 18.7 Å². The highest BCUT2D eigenvalue weighted by atomic mass is 35.5. The van der Waals surface area contributed by atoms with Crippen LogP contribution >= 0.6 is 11.6 Å². The Kier molecular flexibility index (Phi) is 5.59. The van der Waals surface area contributed by atoms with Gasteiger partial charge in [-0.2, -0.15) is 5.10 Å². The molecular weight excluding hydrogens is 318 g/mol. The van der Waals surface area contributed by atoms with Gasteiger partial charge in [-0.3, -0.25) is 9.48 Å². The van der Waals surface area contributed by atoms with E-state index >= 15 is 0 Å². The van der Waals surface area contributed by atoms with Gasteiger partial charge in [0, 0.05) is 30.5 Å². The van der Waals surface area contributed by atoms with Gasteiger partial charge in [0.1, 0.15) is 0 Å². The Balaban J connectivity index is 1.88. The van der Waals surface area contributed by atoms with Crippen molar-refractivity contribution in [2.45, 2.75) is 6.42 Å². The van der Waals surface area contributed by atoms with Crippen molar-refractivity contribution in [3.05, 3.63) is 47.2 Å². The lowest BCUT2D eigenvalue weighted by Gasteiger charge is -2.14. The van der Waals surface area contributed by atoms with Gasteiger partial charge in [-0.25, -0.2) is 4.79 Å². The number of amides is 3. The predicted molar refractivity (Wildman–Crippen MR) is 88.1 cm³/mol. The second-order valence-electron chi connectivity index (χ2n) is 5.17. The molecule has 0 aliphatic rings. The second-order valence-corrected chi connectivity index (χ2v) is 5.61. The van der Waals surface area contributed by atoms with Gasteiger partial charge in [0.05, 0.1) is 12.1 Å². The van der Waals surface area contributed by atoms with Crippen LogP contribution in [-0.4, -0.2) is 28.3 Å². The van der Waals surface area contributed by atoms with Crippen molar-refractivity contribution in [3.8, 4) is 0 Å². The quantitative estimate of drug-likeness (QED) is 0.746. The number of urea groups is 1. The average Bonchev–Trinajstić information content (AvgIpc) is 2.88. The molecule has 8 heteroatoms. The first-order valence-corrected chi connectivity index (χ1v) is 7.39. The summed E-state index contributed by atoms with van der Waals surface area (Å²) < 4.78 is 1.65. The van der Waals surface area contributed by atoms with Crippen molar-refractivity contribution in [1.29, 1.82) is 0 Å². The monoisotopic (exact) mass is 335 g/mol. The van der Waals surface area contributed by atoms with Crippen LogP contribution in [0.25, 0.3) is 0 Å². The fourth-order valence-electron chi connectivity index (χ4n) is 2.09. The summed E-state index contributed by atoms with van der Waals surface area (Å²) in [6.45, 7) is 0.136. The highest BCUT2D eigenvalue weighted by molar-refractivity contribution is 6.30. The van der Waals surface area contributed by atoms with Crippen molar-refractivity contribution in [3.63, 3.8) is 0 Å². The molecule has 1 aromatic carbocycles. The molecule has 0 saturated heterocycles. The van der Waals surface area contributed by atoms with Gasteiger partial charge in [-0.15, -0.1) is 0 Å². The summed E-state index contributed by atoms with van der Waals surface area (Å²) in [5, 5.41) is 9.84. The number of primary amides is 1. The zero-order valence-electron chi connectivity index (χ0n) is 12.6. The number of benzene rings is 1. The van der Waals surface area contributed by atoms with Crippen LogP contribution in [0.5, 0.6) is 0 Å². The fourth-order valence-corrected chi connectivity index (χ4v) is 2.28. The van der Waals surface area contributed by atoms with Crippen LogP contribution in [0.4, 0.5) is 10.5 Å². The van der Waals surface area contributed by atoms with E-state index < -0.39 is 17.9 Å². The van der Waals surface area contributed by atoms with Crippen LogP contribution in [-0.2, 0) is 18.3 Å². The van der Waals surface area contributed by atoms with Crippen LogP contribution in [0, 0.1) is 5.92 Å². The lowest BCUT2D eigenvalue weighted by atomic mass is 10.0. The third-order valence-corrected chi connectivity index (χ3v) is 3.47. The van der Waals surface area contributed by atoms with E-state index in [1.54, 1.807) is 42.2 Å². The van der Waals surface area contributed by atoms with Gasteiger partial charge in [0.2, 0.25) is 5.91 Å². The molecular formula is C15H18ClN5O2. The molecule has 0 radical (unpaired) electrons. The Hall–Kier alpha value is -2.54. The molecule has 0 bridgehead atoms. The molecule has 0 spiro atoms. The largest absolute Gasteiger partial charge is 0.369 e. The third-order valence-electron chi connectivity index (χ3n) is 3.23. The number of nitrogens with one attached hydrogen (secondary N) is 2. The van der Waals surface area contributed by atoms with Crippen molar-refractivity contribution < 1.29 is 9.59 Å². The molecule has 4 N–H and O–H groups in total. The number of carbonyl (C=O) groups is 2. The van der Waals surface area contributed by atoms with Crippen LogP contribution in [0.2, 0.25) is 5.02 Å². The van der Waals surface area contributed by atoms with Crippen molar-refractivity contribution >= 4 is 29.2 Å². The molecule has 0 saturated carbocycles. The summed E-state index contributed by atoms with van der Waals surface area (Å²) in [6, 6.07) is 6.35. The van der Waals surface area contributed by atoms with Gasteiger partial charge < -0.3 is 16.4 Å². The smallest absolute Gasteiger partial charge is 0.319 e. The number of carbonyl (C=O) groups excluding carboxylic acids is 2. The van der Waals surface area contributed by atoms with E-state index in [1.807, 2.05) is 6.20 Å². The number of aryl methyl sites for hydroxylation is 1. The number of halogens is 1. The first kappa shape index (κ1) is 16.8. The summed E-state index contributed by atoms with van der Waals surface area (Å²) in [4.78, 5) is 23.4. The molecule has 3 amide bonds. The Morgan fingerprint density at radius 1 is 1.43 bits per heavy atom. The maximum absolute atomic E-state index is 11.9. The standard InChI is InChI=1S/C15H18ClN5O2/c1-21-9-10(7-19-21)5-11(14(17)22)8-18-15(23)20-13-4-2-3-12(16)6-13/h2-4,6-7,9,11H,5,8H2,1H3,(H2,17,22)(H2,18,20,23). The van der Waals surface area contributed by atoms with E-state index in [-0.39, 0.29) is 6.54 Å². The van der Waals surface area contributed by atoms with Gasteiger partial charge in [-0.1, -0.05) is 17.7 Å². The van der Waals surface area contributed by atoms with Gasteiger partial charge in [0.15, 0.2) is 0 Å². The molecule has 1 unspecified atom stereocenters. The van der Waals surface area contributed by atoms with Crippen molar-refractivity contribution in [1.82, 2.24) is 15.1 Å². The van der Waals surface area contributed by atoms with Crippen LogP contribution < -0.4 is 16.4 Å². The topological polar surface area (TPSA) is 102 Å². The Bertz CT molecular complexity index is 701. The zero-order chi connectivity index (χ0) is 16.8. The molecule has 2 rings (SSSR count). The van der Waals surface area contributed by atoms with E-state index in [0.29, 0.717) is 17.1 Å². The Morgan fingerprint density at radius 3 is 2.83 bits per heavy atom. The molecule has 1 heterocycles. The van der Waals surface area contributed by atoms with Crippen LogP contribution in [0.15, 0.2) is 36.7 Å². The van der Waals surface area contributed by atoms with Crippen LogP contribution in [0.3, 0.4) is 0 Å². The molecule has 7 nitrogen and oxygen atoms in total. The molecule has 2 aromatic rings. The minimum Gasteiger partial charge on any atom is -0.369 e. The second kappa shape index (κ2) is 7.64. The van der Waals surface area contributed by atoms with Crippen LogP contribution in [0.1, 0.15) is 5.56 Å². The number of anilines is 1. The maximum atomic E-state index is 11.9. The molecule has 0 aliphatic heterocycles. The Labute approximate surface area is 138 Å². The molecule has 0 aliphatic carbocycles. The number of nitrogens with two attached hydrogens (primary N) is 1. The lowest BCUT2D eigenvalue weighted by Crippen LogP contribution is -2.39. The van der Waals surface area contributed by atoms with E-state index in [0.717, 1.165) is 5.56 Å². The highest BCUT2D eigenvalue weighted by Crippen LogP contribution is 2.14. The van der Waals surface area contributed by atoms with E-state index in [1.165, 1.54) is 0 Å². The van der Waals surface area contributed by atoms with Crippen molar-refractivity contribution in [2.75, 3.05) is 11.9 Å². The van der Waals surface area contributed by atoms with E-state index in [4.69, 9.17) is 17.3 Å². The van der Waals surface area contributed by atoms with Gasteiger partial charge >= 0.3 is 6.03 Å². The SMILES string of the molecule is Cn1cc(CC(CNC(=O)Nc2cccc(Cl)c2)C(N)=O)cn1. The predicted octanol–water partition coefficient (Wildman–Crippen LogP) is 1.54. The van der Waals surface area contributed by atoms with E-state index in [9.17, 15) is 9.59 Å². The number of aromatic nitrogens is 2. The summed E-state index contributed by atoms with van der Waals surface area (Å²) >= 11 is 5.85. The average molecular weight is 336 g/mol. The summed E-state index contributed by atoms with van der Waals surface area (Å²) in [5.74, 6) is -0.985. The molecule has 1 atom stereocenters. The highest BCUT2D eigenvalue weighted by Gasteiger charge is 2.18. The number of nitrogens with zero attached hydrogens (tertiary/aromatic N) is 2. The van der Waals surface area contributed by atoms with E-state index in [2.05, 4.69) is 15.7 Å². The number of hydrogen-bond donors (Lipinski definition) is 3. The minimum atomic E-state index is -0.510. The minimum absolute atomic E-state index is 0.136. The fraction of sp³-hybridized carbons (Fsp3) is 0.267. The molecule has 122 valence electrons. The molecule has 23 heavy (non-hydrogen) atoms. The van der Waals surface area contributed by atoms with Gasteiger partial charge in [-0.05, 0) is 30.2 Å². The summed E-state index contributed by atoms with van der Waals surface area (Å²) in [6.07, 6.45) is 3.89. The lowest BCUT2D eigenvalue weighted by molar-refractivity contribution is -0.121. The normalized spacial score (nSPS) is 11.7. The summed E-state index contributed by atoms with van der Waals surface area (Å²) in [7, 11) is 1.79. The molecule has 0 fully saturated rings. The third kappa shape index (κ3) is 5.30. The zero-order valence-corrected chi connectivity index (χ0v) is 13.4. The summed E-state index contributed by atoms with van der Waals surface area (Å²) in [5.41, 5.74) is 6.84. The molecule has 1 aromatic heterocycles. The van der Waals surface area contributed by atoms with Gasteiger partial charge in [0.25, 0.3) is 0 Å². The first-order valence-electron chi connectivity index (χ1n) is 7.01. The first-order chi connectivity index (χ1) is 10.9. The number of rotatable bonds is 6. The Morgan fingerprint density at radius 2 is 2.22 bits per heavy atom. The maximum Gasteiger partial charge on any atom is 0.319 e.